The van der Waals surface area contributed by atoms with Gasteiger partial charge in [-0.05, 0) is 19.4 Å². The van der Waals surface area contributed by atoms with Crippen LogP contribution in [0.5, 0.6) is 0 Å². The summed E-state index contributed by atoms with van der Waals surface area (Å²) < 4.78 is 1.99. The smallest absolute Gasteiger partial charge is 0.181 e. The van der Waals surface area contributed by atoms with E-state index in [0.29, 0.717) is 6.04 Å². The molecule has 1 aliphatic heterocycles. The number of hydrogen-bond donors (Lipinski definition) is 1. The molecule has 1 fully saturated rings. The van der Waals surface area contributed by atoms with Crippen molar-refractivity contribution in [3.05, 3.63) is 36.7 Å². The summed E-state index contributed by atoms with van der Waals surface area (Å²) in [6, 6.07) is 10.6. The van der Waals surface area contributed by atoms with Crippen molar-refractivity contribution in [2.75, 3.05) is 13.1 Å². The molecule has 4 heteroatoms. The van der Waals surface area contributed by atoms with Gasteiger partial charge in [-0.15, -0.1) is 0 Å². The molecule has 1 aromatic carbocycles. The zero-order valence-corrected chi connectivity index (χ0v) is 9.71. The van der Waals surface area contributed by atoms with Crippen LogP contribution in [-0.2, 0) is 0 Å². The Balaban J connectivity index is 1.83. The van der Waals surface area contributed by atoms with E-state index in [1.807, 2.05) is 41.3 Å². The molecule has 1 aliphatic rings. The first-order valence-electron chi connectivity index (χ1n) is 6.11. The molecule has 88 valence electrons. The molecule has 0 saturated carbocycles. The molecule has 0 aliphatic carbocycles. The summed E-state index contributed by atoms with van der Waals surface area (Å²) in [5, 5.41) is 7.96. The number of rotatable bonds is 2. The summed E-state index contributed by atoms with van der Waals surface area (Å²) in [7, 11) is 0. The van der Waals surface area contributed by atoms with Gasteiger partial charge in [0.2, 0.25) is 0 Å². The average Bonchev–Trinajstić information content (AvgIpc) is 2.90. The molecule has 0 spiro atoms. The van der Waals surface area contributed by atoms with Crippen molar-refractivity contribution in [1.82, 2.24) is 20.1 Å². The van der Waals surface area contributed by atoms with Crippen molar-refractivity contribution >= 4 is 0 Å². The highest BCUT2D eigenvalue weighted by atomic mass is 15.4. The van der Waals surface area contributed by atoms with E-state index in [1.165, 1.54) is 12.8 Å². The van der Waals surface area contributed by atoms with Crippen LogP contribution in [-0.4, -0.2) is 27.9 Å². The van der Waals surface area contributed by atoms with Crippen LogP contribution < -0.4 is 5.32 Å². The third-order valence-electron chi connectivity index (χ3n) is 3.19. The van der Waals surface area contributed by atoms with Gasteiger partial charge < -0.3 is 5.32 Å². The summed E-state index contributed by atoms with van der Waals surface area (Å²) in [6.45, 7) is 2.12. The monoisotopic (exact) mass is 228 g/mol. The maximum Gasteiger partial charge on any atom is 0.181 e. The molecular formula is C13H16N4. The first kappa shape index (κ1) is 10.5. The van der Waals surface area contributed by atoms with Gasteiger partial charge in [0, 0.05) is 12.1 Å². The molecule has 2 heterocycles. The molecule has 1 unspecified atom stereocenters. The zero-order valence-electron chi connectivity index (χ0n) is 9.71. The molecule has 17 heavy (non-hydrogen) atoms. The van der Waals surface area contributed by atoms with Gasteiger partial charge in [-0.3, -0.25) is 0 Å². The fourth-order valence-corrected chi connectivity index (χ4v) is 2.23. The third kappa shape index (κ3) is 2.22. The van der Waals surface area contributed by atoms with Crippen LogP contribution in [0.2, 0.25) is 0 Å². The second-order valence-electron chi connectivity index (χ2n) is 4.41. The summed E-state index contributed by atoms with van der Waals surface area (Å²) in [6.07, 6.45) is 4.25. The molecule has 0 amide bonds. The van der Waals surface area contributed by atoms with E-state index in [4.69, 9.17) is 0 Å². The molecule has 1 N–H and O–H groups in total. The van der Waals surface area contributed by atoms with Crippen molar-refractivity contribution in [3.63, 3.8) is 0 Å². The lowest BCUT2D eigenvalue weighted by atomic mass is 10.1. The van der Waals surface area contributed by atoms with Crippen LogP contribution in [0.25, 0.3) is 11.4 Å². The number of aromatic nitrogens is 3. The average molecular weight is 228 g/mol. The highest BCUT2D eigenvalue weighted by Gasteiger charge is 2.16. The molecule has 0 bridgehead atoms. The van der Waals surface area contributed by atoms with Crippen LogP contribution in [0.15, 0.2) is 36.7 Å². The van der Waals surface area contributed by atoms with Crippen molar-refractivity contribution in [2.45, 2.75) is 18.9 Å². The molecule has 3 rings (SSSR count). The fourth-order valence-electron chi connectivity index (χ4n) is 2.23. The number of benzene rings is 1. The molecule has 1 saturated heterocycles. The highest BCUT2D eigenvalue weighted by molar-refractivity contribution is 5.53. The van der Waals surface area contributed by atoms with Crippen molar-refractivity contribution in [1.29, 1.82) is 0 Å². The Kier molecular flexibility index (Phi) is 2.88. The number of hydrogen-bond acceptors (Lipinski definition) is 3. The van der Waals surface area contributed by atoms with E-state index >= 15 is 0 Å². The van der Waals surface area contributed by atoms with Gasteiger partial charge in [-0.25, -0.2) is 9.67 Å². The van der Waals surface area contributed by atoms with Crippen LogP contribution in [0.1, 0.15) is 18.9 Å². The Morgan fingerprint density at radius 1 is 1.24 bits per heavy atom. The summed E-state index contributed by atoms with van der Waals surface area (Å²) >= 11 is 0. The van der Waals surface area contributed by atoms with Gasteiger partial charge in [0.05, 0.1) is 6.04 Å². The van der Waals surface area contributed by atoms with E-state index in [9.17, 15) is 0 Å². The minimum atomic E-state index is 0.453. The van der Waals surface area contributed by atoms with Gasteiger partial charge in [0.25, 0.3) is 0 Å². The van der Waals surface area contributed by atoms with E-state index in [2.05, 4.69) is 15.4 Å². The standard InChI is InChI=1S/C13H16N4/c1-2-5-11(6-3-1)13-15-10-17(16-13)12-7-4-8-14-9-12/h1-3,5-6,10,12,14H,4,7-9H2. The maximum absolute atomic E-state index is 4.57. The van der Waals surface area contributed by atoms with E-state index in [-0.39, 0.29) is 0 Å². The molecule has 0 radical (unpaired) electrons. The normalized spacial score (nSPS) is 20.4. The first-order chi connectivity index (χ1) is 8.43. The molecule has 2 aromatic rings. The largest absolute Gasteiger partial charge is 0.315 e. The van der Waals surface area contributed by atoms with Crippen molar-refractivity contribution in [2.24, 2.45) is 0 Å². The first-order valence-corrected chi connectivity index (χ1v) is 6.11. The lowest BCUT2D eigenvalue weighted by Gasteiger charge is -2.22. The van der Waals surface area contributed by atoms with E-state index in [0.717, 1.165) is 24.5 Å². The molecule has 4 nitrogen and oxygen atoms in total. The quantitative estimate of drug-likeness (QED) is 0.853. The van der Waals surface area contributed by atoms with Crippen LogP contribution >= 0.6 is 0 Å². The minimum absolute atomic E-state index is 0.453. The topological polar surface area (TPSA) is 42.7 Å². The van der Waals surface area contributed by atoms with Gasteiger partial charge in [-0.2, -0.15) is 5.10 Å². The van der Waals surface area contributed by atoms with Crippen molar-refractivity contribution in [3.8, 4) is 11.4 Å². The van der Waals surface area contributed by atoms with Gasteiger partial charge in [0.15, 0.2) is 5.82 Å². The predicted octanol–water partition coefficient (Wildman–Crippen LogP) is 1.87. The highest BCUT2D eigenvalue weighted by Crippen LogP contribution is 2.18. The second-order valence-corrected chi connectivity index (χ2v) is 4.41. The fraction of sp³-hybridized carbons (Fsp3) is 0.385. The number of nitrogens with zero attached hydrogens (tertiary/aromatic N) is 3. The Morgan fingerprint density at radius 2 is 2.12 bits per heavy atom. The molecule has 1 aromatic heterocycles. The van der Waals surface area contributed by atoms with Gasteiger partial charge in [0.1, 0.15) is 6.33 Å². The van der Waals surface area contributed by atoms with Crippen LogP contribution in [0.3, 0.4) is 0 Å². The predicted molar refractivity (Wildman–Crippen MR) is 66.6 cm³/mol. The summed E-state index contributed by atoms with van der Waals surface area (Å²) in [4.78, 5) is 4.39. The Hall–Kier alpha value is -1.68. The summed E-state index contributed by atoms with van der Waals surface area (Å²) in [5.74, 6) is 0.816. The van der Waals surface area contributed by atoms with Gasteiger partial charge in [-0.1, -0.05) is 30.3 Å². The summed E-state index contributed by atoms with van der Waals surface area (Å²) in [5.41, 5.74) is 1.08. The number of nitrogens with one attached hydrogen (secondary N) is 1. The lowest BCUT2D eigenvalue weighted by molar-refractivity contribution is 0.346. The van der Waals surface area contributed by atoms with Crippen LogP contribution in [0.4, 0.5) is 0 Å². The Labute approximate surface area is 101 Å². The Morgan fingerprint density at radius 3 is 2.88 bits per heavy atom. The lowest BCUT2D eigenvalue weighted by Crippen LogP contribution is -2.31. The number of piperidine rings is 1. The zero-order chi connectivity index (χ0) is 11.5. The molecular weight excluding hydrogens is 212 g/mol. The van der Waals surface area contributed by atoms with E-state index in [1.54, 1.807) is 0 Å². The van der Waals surface area contributed by atoms with Crippen molar-refractivity contribution < 1.29 is 0 Å². The Bertz CT molecular complexity index is 471. The van der Waals surface area contributed by atoms with Crippen LogP contribution in [0, 0.1) is 0 Å². The van der Waals surface area contributed by atoms with E-state index < -0.39 is 0 Å². The SMILES string of the molecule is c1ccc(-c2ncn(C3CCCNC3)n2)cc1. The third-order valence-corrected chi connectivity index (χ3v) is 3.19. The maximum atomic E-state index is 4.57. The van der Waals surface area contributed by atoms with Gasteiger partial charge >= 0.3 is 0 Å². The second kappa shape index (κ2) is 4.67. The minimum Gasteiger partial charge on any atom is -0.315 e. The molecule has 1 atom stereocenters.